The molecule has 0 saturated carbocycles. The number of methoxy groups -OCH3 is 1. The number of primary amides is 1. The molecule has 0 aliphatic carbocycles. The third-order valence-corrected chi connectivity index (χ3v) is 18.3. The Hall–Kier alpha value is -8.72. The SMILES string of the molecule is CC(CCc1ccccc1)NCC(O)c1ccc(O)c(C(N)=O)c1.CC1NC(=O)C(CC(C)(O)CO)NC(=O)C2Cc3c([nH]c4ccccc34)SCC(NC(=O)C(C(C)O)NC1=O)C(=O)N1CC(O)CC1C(=O)NC(C)C(=O)N2.COc1ccc(C[C@@H]2NC[C@@H](O)[C@@H]2OC(C)=O)cc1. The van der Waals surface area contributed by atoms with Crippen molar-refractivity contribution in [2.75, 3.05) is 39.1 Å². The number of aliphatic hydroxyl groups is 6. The summed E-state index contributed by atoms with van der Waals surface area (Å²) in [6, 6.07) is 19.7. The number of nitrogens with zero attached hydrogens (tertiary/aromatic N) is 1. The highest BCUT2D eigenvalue weighted by Crippen LogP contribution is 2.33. The average molecular weight is 1380 g/mol. The number of aromatic amines is 1. The van der Waals surface area contributed by atoms with Gasteiger partial charge in [-0.05, 0) is 106 Å². The van der Waals surface area contributed by atoms with Gasteiger partial charge in [0.15, 0.2) is 0 Å². The number of phenols is 1. The number of amides is 8. The van der Waals surface area contributed by atoms with E-state index in [1.165, 1.54) is 52.3 Å². The van der Waals surface area contributed by atoms with Gasteiger partial charge >= 0.3 is 5.97 Å². The molecule has 1 aromatic heterocycles. The Bertz CT molecular complexity index is 3600. The number of H-pyrrole nitrogens is 1. The zero-order chi connectivity index (χ0) is 71.7. The van der Waals surface area contributed by atoms with Crippen LogP contribution >= 0.6 is 11.8 Å². The first-order chi connectivity index (χ1) is 46.4. The maximum Gasteiger partial charge on any atom is 0.303 e. The molecule has 15 atom stereocenters. The maximum atomic E-state index is 14.3. The molecule has 9 rings (SSSR count). The molecule has 5 heterocycles. The maximum absolute atomic E-state index is 14.3. The van der Waals surface area contributed by atoms with Gasteiger partial charge in [0.05, 0.1) is 54.3 Å². The zero-order valence-corrected chi connectivity index (χ0v) is 56.5. The van der Waals surface area contributed by atoms with E-state index in [0.717, 1.165) is 40.8 Å². The fourth-order valence-electron chi connectivity index (χ4n) is 11.6. The highest BCUT2D eigenvalue weighted by molar-refractivity contribution is 7.99. The van der Waals surface area contributed by atoms with E-state index in [4.69, 9.17) is 15.2 Å². The van der Waals surface area contributed by atoms with Crippen LogP contribution < -0.4 is 53.0 Å². The van der Waals surface area contributed by atoms with E-state index in [-0.39, 0.29) is 54.5 Å². The molecule has 18 N–H and O–H groups in total. The lowest BCUT2D eigenvalue weighted by atomic mass is 9.96. The normalized spacial score (nSPS) is 25.6. The quantitative estimate of drug-likeness (QED) is 0.0521. The van der Waals surface area contributed by atoms with Crippen LogP contribution in [0.4, 0.5) is 0 Å². The van der Waals surface area contributed by atoms with Crippen molar-refractivity contribution in [3.05, 3.63) is 125 Å². The summed E-state index contributed by atoms with van der Waals surface area (Å²) in [4.78, 5) is 123. The second kappa shape index (κ2) is 35.2. The van der Waals surface area contributed by atoms with Crippen molar-refractivity contribution in [3.63, 3.8) is 0 Å². The number of nitrogens with one attached hydrogen (secondary N) is 9. The lowest BCUT2D eigenvalue weighted by Crippen LogP contribution is -2.61. The zero-order valence-electron chi connectivity index (χ0n) is 55.7. The monoisotopic (exact) mass is 1380 g/mol. The van der Waals surface area contributed by atoms with Crippen LogP contribution in [0, 0.1) is 0 Å². The number of thioether (sulfide) groups is 1. The summed E-state index contributed by atoms with van der Waals surface area (Å²) in [5.74, 6) is -6.71. The van der Waals surface area contributed by atoms with E-state index in [1.807, 2.05) is 42.5 Å². The van der Waals surface area contributed by atoms with Gasteiger partial charge in [-0.2, -0.15) is 0 Å². The van der Waals surface area contributed by atoms with Crippen LogP contribution in [0.2, 0.25) is 0 Å². The summed E-state index contributed by atoms with van der Waals surface area (Å²) in [7, 11) is 1.63. The van der Waals surface area contributed by atoms with Crippen LogP contribution in [0.3, 0.4) is 0 Å². The van der Waals surface area contributed by atoms with E-state index in [1.54, 1.807) is 37.4 Å². The lowest BCUT2D eigenvalue weighted by molar-refractivity contribution is -0.151. The fourth-order valence-corrected chi connectivity index (χ4v) is 12.7. The number of β-amino-alcohol motifs (C(OH)–C–C–N with tert-alkyl or cyclic N) is 1. The first kappa shape index (κ1) is 76.6. The third-order valence-electron chi connectivity index (χ3n) is 17.2. The number of para-hydroxylation sites is 1. The van der Waals surface area contributed by atoms with Gasteiger partial charge in [-0.25, -0.2) is 0 Å². The number of ether oxygens (including phenoxy) is 2. The van der Waals surface area contributed by atoms with Crippen molar-refractivity contribution in [1.82, 2.24) is 52.4 Å². The average Bonchev–Trinajstić information content (AvgIpc) is 1.62. The Morgan fingerprint density at radius 2 is 1.45 bits per heavy atom. The van der Waals surface area contributed by atoms with Crippen LogP contribution in [0.1, 0.15) is 99.5 Å². The van der Waals surface area contributed by atoms with Crippen LogP contribution in [-0.2, 0) is 62.4 Å². The van der Waals surface area contributed by atoms with Crippen LogP contribution in [0.5, 0.6) is 11.5 Å². The second-order valence-electron chi connectivity index (χ2n) is 25.3. The topological polar surface area (TPSA) is 455 Å². The lowest BCUT2D eigenvalue weighted by Gasteiger charge is -2.31. The molecule has 2 fully saturated rings. The van der Waals surface area contributed by atoms with Gasteiger partial charge in [-0.1, -0.05) is 66.7 Å². The number of hydrogen-bond donors (Lipinski definition) is 17. The smallest absolute Gasteiger partial charge is 0.303 e. The molecule has 8 amide bonds. The molecule has 4 aliphatic heterocycles. The molecule has 532 valence electrons. The van der Waals surface area contributed by atoms with Crippen molar-refractivity contribution in [2.24, 2.45) is 5.73 Å². The summed E-state index contributed by atoms with van der Waals surface area (Å²) >= 11 is 1.08. The first-order valence-electron chi connectivity index (χ1n) is 32.3. The van der Waals surface area contributed by atoms with Crippen molar-refractivity contribution < 1.29 is 88.4 Å². The molecule has 12 unspecified atom stereocenters. The molecule has 30 heteroatoms. The first-order valence-corrected chi connectivity index (χ1v) is 33.3. The van der Waals surface area contributed by atoms with Gasteiger partial charge in [0.1, 0.15) is 66.0 Å². The summed E-state index contributed by atoms with van der Waals surface area (Å²) < 4.78 is 10.3. The Balaban J connectivity index is 0.000000255. The Morgan fingerprint density at radius 3 is 2.10 bits per heavy atom. The number of fused-ring (bicyclic) bond motifs is 5. The minimum Gasteiger partial charge on any atom is -0.507 e. The number of rotatable bonds is 16. The predicted molar refractivity (Wildman–Crippen MR) is 360 cm³/mol. The summed E-state index contributed by atoms with van der Waals surface area (Å²) in [6.45, 7) is 8.25. The molecule has 2 bridgehead atoms. The van der Waals surface area contributed by atoms with Gasteiger partial charge < -0.3 is 103 Å². The molecule has 98 heavy (non-hydrogen) atoms. The van der Waals surface area contributed by atoms with Crippen molar-refractivity contribution in [1.29, 1.82) is 0 Å². The van der Waals surface area contributed by atoms with Crippen molar-refractivity contribution in [2.45, 2.75) is 176 Å². The van der Waals surface area contributed by atoms with Gasteiger partial charge in [0.2, 0.25) is 41.4 Å². The molecule has 2 saturated heterocycles. The standard InChI is InChI=1S/C35H48N8O11S.C19H24N2O3.C14H19NO4/c1-15-27(47)38-22-10-20-19-7-5-6-8-21(19)41-33(20)55-13-24(34(53)43-12-18(46)9-25(43)31(51)37-15)40-32(52)26(17(3)45)42-28(48)16(2)36-30(50)23(39-29(22)49)11-35(4,54)14-44;1-13(7-8-14-5-3-2-4-6-14)21-12-18(23)15-9-10-17(22)16(11-15)19(20)24;1-9(16)19-14-12(15-8-13(14)17)7-10-3-5-11(18-2)6-4-10/h5-8,15-18,22-26,41,44-46,54H,9-14H2,1-4H3,(H,36,50)(H,37,51)(H,38,47)(H,39,49)(H,40,52)(H,42,48);2-6,9-11,13,18,21-23H,7-8,12H2,1H3,(H2,20,24);3-6,12-15,17H,7-8H2,1-2H3/t;;12-,13+,14+/m..0/s1. The van der Waals surface area contributed by atoms with Gasteiger partial charge in [-0.15, -0.1) is 11.8 Å². The summed E-state index contributed by atoms with van der Waals surface area (Å²) in [5, 5.41) is 94.2. The second-order valence-corrected chi connectivity index (χ2v) is 26.3. The number of aromatic nitrogens is 1. The number of aryl methyl sites for hydroxylation is 1. The van der Waals surface area contributed by atoms with Gasteiger partial charge in [-0.3, -0.25) is 43.2 Å². The highest BCUT2D eigenvalue weighted by Gasteiger charge is 2.44. The Morgan fingerprint density at radius 1 is 0.796 bits per heavy atom. The number of aromatic hydroxyl groups is 1. The number of benzene rings is 4. The van der Waals surface area contributed by atoms with E-state index in [0.29, 0.717) is 46.6 Å². The summed E-state index contributed by atoms with van der Waals surface area (Å²) in [5.41, 5.74) is 7.42. The van der Waals surface area contributed by atoms with Crippen LogP contribution in [-0.4, -0.2) is 222 Å². The van der Waals surface area contributed by atoms with Gasteiger partial charge in [0, 0.05) is 68.5 Å². The molecule has 0 spiro atoms. The molecular formula is C68H91N11O18S. The van der Waals surface area contributed by atoms with E-state index in [2.05, 4.69) is 66.6 Å². The molecule has 0 radical (unpaired) electrons. The number of aliphatic hydroxyl groups excluding tert-OH is 5. The van der Waals surface area contributed by atoms with Gasteiger partial charge in [0.25, 0.3) is 5.91 Å². The largest absolute Gasteiger partial charge is 0.507 e. The molecular weight excluding hydrogens is 1290 g/mol. The predicted octanol–water partition coefficient (Wildman–Crippen LogP) is -1.11. The molecule has 4 aliphatic rings. The van der Waals surface area contributed by atoms with Crippen molar-refractivity contribution in [3.8, 4) is 11.5 Å². The van der Waals surface area contributed by atoms with E-state index >= 15 is 0 Å². The number of carbonyl (C=O) groups excluding carboxylic acids is 9. The Kier molecular flexibility index (Phi) is 27.5. The number of esters is 1. The highest BCUT2D eigenvalue weighted by atomic mass is 32.2. The Labute approximate surface area is 571 Å². The van der Waals surface area contributed by atoms with E-state index < -0.39 is 139 Å². The number of hydrogen-bond acceptors (Lipinski definition) is 21. The van der Waals surface area contributed by atoms with Crippen LogP contribution in [0.15, 0.2) is 102 Å². The number of nitrogens with two attached hydrogens (primary N) is 1. The number of carbonyl (C=O) groups is 9. The summed E-state index contributed by atoms with van der Waals surface area (Å²) in [6.07, 6.45) is -2.82. The van der Waals surface area contributed by atoms with Crippen LogP contribution in [0.25, 0.3) is 10.9 Å². The molecule has 5 aromatic rings. The molecule has 29 nitrogen and oxygen atoms in total. The van der Waals surface area contributed by atoms with Crippen molar-refractivity contribution >= 4 is 75.9 Å². The van der Waals surface area contributed by atoms with E-state index in [9.17, 15) is 78.9 Å². The minimum absolute atomic E-state index is 0.0173. The fraction of sp³-hybridized carbons (Fsp3) is 0.485. The third kappa shape index (κ3) is 21.1. The molecule has 4 aromatic carbocycles. The minimum atomic E-state index is -1.90.